The van der Waals surface area contributed by atoms with E-state index in [1.54, 1.807) is 6.20 Å². The normalized spacial score (nSPS) is 12.1. The molecule has 0 aromatic carbocycles. The SMILES string of the molecule is C#CCC(N)c1ncccc1CC. The van der Waals surface area contributed by atoms with E-state index in [4.69, 9.17) is 12.2 Å². The van der Waals surface area contributed by atoms with Crippen LogP contribution in [0.5, 0.6) is 0 Å². The molecule has 2 nitrogen and oxygen atoms in total. The molecule has 13 heavy (non-hydrogen) atoms. The number of hydrogen-bond acceptors (Lipinski definition) is 2. The Kier molecular flexibility index (Phi) is 3.48. The van der Waals surface area contributed by atoms with Crippen LogP contribution in [0, 0.1) is 12.3 Å². The van der Waals surface area contributed by atoms with Crippen LogP contribution in [-0.2, 0) is 6.42 Å². The first-order chi connectivity index (χ1) is 6.29. The maximum absolute atomic E-state index is 5.88. The van der Waals surface area contributed by atoms with E-state index in [2.05, 4.69) is 17.8 Å². The van der Waals surface area contributed by atoms with Crippen LogP contribution >= 0.6 is 0 Å². The Morgan fingerprint density at radius 2 is 2.46 bits per heavy atom. The van der Waals surface area contributed by atoms with Gasteiger partial charge in [0.2, 0.25) is 0 Å². The summed E-state index contributed by atoms with van der Waals surface area (Å²) >= 11 is 0. The van der Waals surface area contributed by atoms with Gasteiger partial charge in [-0.25, -0.2) is 0 Å². The largest absolute Gasteiger partial charge is 0.322 e. The first-order valence-corrected chi connectivity index (χ1v) is 4.42. The number of aromatic nitrogens is 1. The quantitative estimate of drug-likeness (QED) is 0.708. The van der Waals surface area contributed by atoms with Crippen LogP contribution < -0.4 is 5.73 Å². The average Bonchev–Trinajstić information content (AvgIpc) is 2.18. The van der Waals surface area contributed by atoms with Crippen LogP contribution in [0.25, 0.3) is 0 Å². The molecule has 2 N–H and O–H groups in total. The van der Waals surface area contributed by atoms with Crippen LogP contribution in [-0.4, -0.2) is 4.98 Å². The van der Waals surface area contributed by atoms with E-state index in [1.807, 2.05) is 12.1 Å². The lowest BCUT2D eigenvalue weighted by atomic mass is 10.0. The van der Waals surface area contributed by atoms with Gasteiger partial charge >= 0.3 is 0 Å². The molecule has 1 unspecified atom stereocenters. The highest BCUT2D eigenvalue weighted by atomic mass is 14.8. The van der Waals surface area contributed by atoms with Gasteiger partial charge in [-0.1, -0.05) is 13.0 Å². The maximum atomic E-state index is 5.88. The molecule has 0 bridgehead atoms. The molecule has 68 valence electrons. The number of nitrogens with two attached hydrogens (primary N) is 1. The van der Waals surface area contributed by atoms with E-state index < -0.39 is 0 Å². The van der Waals surface area contributed by atoms with Crippen LogP contribution in [0.1, 0.15) is 30.6 Å². The van der Waals surface area contributed by atoms with Gasteiger partial charge in [0, 0.05) is 12.6 Å². The Labute approximate surface area is 79.2 Å². The van der Waals surface area contributed by atoms with Gasteiger partial charge in [-0.3, -0.25) is 4.98 Å². The summed E-state index contributed by atoms with van der Waals surface area (Å²) in [4.78, 5) is 4.25. The third kappa shape index (κ3) is 2.30. The number of hydrogen-bond donors (Lipinski definition) is 1. The van der Waals surface area contributed by atoms with Crippen molar-refractivity contribution in [3.05, 3.63) is 29.6 Å². The highest BCUT2D eigenvalue weighted by Crippen LogP contribution is 2.15. The van der Waals surface area contributed by atoms with E-state index >= 15 is 0 Å². The topological polar surface area (TPSA) is 38.9 Å². The van der Waals surface area contributed by atoms with Crippen LogP contribution in [0.4, 0.5) is 0 Å². The van der Waals surface area contributed by atoms with E-state index in [9.17, 15) is 0 Å². The fourth-order valence-corrected chi connectivity index (χ4v) is 1.31. The van der Waals surface area contributed by atoms with Crippen LogP contribution in [0.3, 0.4) is 0 Å². The minimum Gasteiger partial charge on any atom is -0.322 e. The highest BCUT2D eigenvalue weighted by Gasteiger charge is 2.09. The van der Waals surface area contributed by atoms with E-state index in [0.29, 0.717) is 6.42 Å². The zero-order chi connectivity index (χ0) is 9.68. The molecule has 0 aliphatic carbocycles. The van der Waals surface area contributed by atoms with E-state index in [1.165, 1.54) is 5.56 Å². The predicted octanol–water partition coefficient (Wildman–Crippen LogP) is 1.67. The zero-order valence-corrected chi connectivity index (χ0v) is 7.83. The van der Waals surface area contributed by atoms with Crippen LogP contribution in [0.15, 0.2) is 18.3 Å². The second kappa shape index (κ2) is 4.64. The summed E-state index contributed by atoms with van der Waals surface area (Å²) < 4.78 is 0. The molecule has 1 rings (SSSR count). The summed E-state index contributed by atoms with van der Waals surface area (Å²) in [5.74, 6) is 2.55. The Morgan fingerprint density at radius 1 is 1.69 bits per heavy atom. The number of nitrogens with zero attached hydrogens (tertiary/aromatic N) is 1. The molecule has 1 aromatic heterocycles. The van der Waals surface area contributed by atoms with Gasteiger partial charge in [0.05, 0.1) is 11.7 Å². The Balaban J connectivity index is 2.93. The Bertz CT molecular complexity index is 312. The summed E-state index contributed by atoms with van der Waals surface area (Å²) in [5.41, 5.74) is 8.00. The molecule has 1 atom stereocenters. The van der Waals surface area contributed by atoms with Crippen molar-refractivity contribution in [2.45, 2.75) is 25.8 Å². The van der Waals surface area contributed by atoms with Gasteiger partial charge in [0.15, 0.2) is 0 Å². The minimum absolute atomic E-state index is 0.124. The summed E-state index contributed by atoms with van der Waals surface area (Å²) in [5, 5.41) is 0. The monoisotopic (exact) mass is 174 g/mol. The molecule has 0 fully saturated rings. The molecule has 0 radical (unpaired) electrons. The number of aryl methyl sites for hydroxylation is 1. The van der Waals surface area contributed by atoms with Gasteiger partial charge in [0.1, 0.15) is 0 Å². The molecule has 2 heteroatoms. The van der Waals surface area contributed by atoms with Crippen molar-refractivity contribution in [2.75, 3.05) is 0 Å². The third-order valence-corrected chi connectivity index (χ3v) is 2.00. The van der Waals surface area contributed by atoms with Gasteiger partial charge < -0.3 is 5.73 Å². The standard InChI is InChI=1S/C11H14N2/c1-3-6-10(12)11-9(4-2)7-5-8-13-11/h1,5,7-8,10H,4,6,12H2,2H3. The molecule has 0 amide bonds. The summed E-state index contributed by atoms with van der Waals surface area (Å²) in [6, 6.07) is 3.84. The molecule has 1 aromatic rings. The molecular formula is C11H14N2. The average molecular weight is 174 g/mol. The lowest BCUT2D eigenvalue weighted by Gasteiger charge is -2.11. The zero-order valence-electron chi connectivity index (χ0n) is 7.83. The van der Waals surface area contributed by atoms with Crippen molar-refractivity contribution in [2.24, 2.45) is 5.73 Å². The van der Waals surface area contributed by atoms with Gasteiger partial charge in [-0.05, 0) is 18.1 Å². The fourth-order valence-electron chi connectivity index (χ4n) is 1.31. The molecule has 0 spiro atoms. The molecular weight excluding hydrogens is 160 g/mol. The van der Waals surface area contributed by atoms with Gasteiger partial charge in [-0.2, -0.15) is 0 Å². The summed E-state index contributed by atoms with van der Waals surface area (Å²) in [6.45, 7) is 2.09. The summed E-state index contributed by atoms with van der Waals surface area (Å²) in [6.07, 6.45) is 8.45. The Hall–Kier alpha value is -1.33. The third-order valence-electron chi connectivity index (χ3n) is 2.00. The highest BCUT2D eigenvalue weighted by molar-refractivity contribution is 5.23. The summed E-state index contributed by atoms with van der Waals surface area (Å²) in [7, 11) is 0. The minimum atomic E-state index is -0.124. The van der Waals surface area contributed by atoms with E-state index in [0.717, 1.165) is 12.1 Å². The lowest BCUT2D eigenvalue weighted by Crippen LogP contribution is -2.13. The molecule has 0 saturated heterocycles. The first-order valence-electron chi connectivity index (χ1n) is 4.42. The molecule has 0 aliphatic heterocycles. The smallest absolute Gasteiger partial charge is 0.0612 e. The van der Waals surface area contributed by atoms with Crippen molar-refractivity contribution in [1.82, 2.24) is 4.98 Å². The first kappa shape index (κ1) is 9.76. The second-order valence-electron chi connectivity index (χ2n) is 2.92. The molecule has 1 heterocycles. The van der Waals surface area contributed by atoms with Crippen molar-refractivity contribution in [1.29, 1.82) is 0 Å². The number of terminal acetylenes is 1. The fraction of sp³-hybridized carbons (Fsp3) is 0.364. The predicted molar refractivity (Wildman–Crippen MR) is 54.0 cm³/mol. The van der Waals surface area contributed by atoms with Gasteiger partial charge in [0.25, 0.3) is 0 Å². The van der Waals surface area contributed by atoms with Crippen molar-refractivity contribution >= 4 is 0 Å². The lowest BCUT2D eigenvalue weighted by molar-refractivity contribution is 0.712. The maximum Gasteiger partial charge on any atom is 0.0612 e. The van der Waals surface area contributed by atoms with E-state index in [-0.39, 0.29) is 6.04 Å². The molecule has 0 aliphatic rings. The number of pyridine rings is 1. The Morgan fingerprint density at radius 3 is 3.08 bits per heavy atom. The molecule has 0 saturated carbocycles. The van der Waals surface area contributed by atoms with Crippen molar-refractivity contribution in [3.8, 4) is 12.3 Å². The van der Waals surface area contributed by atoms with Crippen molar-refractivity contribution in [3.63, 3.8) is 0 Å². The number of rotatable bonds is 3. The van der Waals surface area contributed by atoms with Crippen LogP contribution in [0.2, 0.25) is 0 Å². The van der Waals surface area contributed by atoms with Gasteiger partial charge in [-0.15, -0.1) is 12.3 Å². The van der Waals surface area contributed by atoms with Crippen molar-refractivity contribution < 1.29 is 0 Å². The second-order valence-corrected chi connectivity index (χ2v) is 2.92.